The Kier molecular flexibility index (Phi) is 9.77. The Balaban J connectivity index is 1.06. The lowest BCUT2D eigenvalue weighted by molar-refractivity contribution is 0.893. The van der Waals surface area contributed by atoms with Crippen LogP contribution in [-0.2, 0) is 0 Å². The predicted octanol–water partition coefficient (Wildman–Crippen LogP) is 12.4. The number of benzene rings is 10. The Labute approximate surface area is 400 Å². The Morgan fingerprint density at radius 2 is 0.580 bits per heavy atom. The summed E-state index contributed by atoms with van der Waals surface area (Å²) in [6.45, 7) is 0. The molecule has 0 spiro atoms. The number of para-hydroxylation sites is 2. The minimum atomic E-state index is -2.78. The second-order valence-corrected chi connectivity index (χ2v) is 21.4. The lowest BCUT2D eigenvalue weighted by atomic mass is 10.0. The summed E-state index contributed by atoms with van der Waals surface area (Å²) in [6, 6.07) is 93.9. The lowest BCUT2D eigenvalue weighted by Crippen LogP contribution is -2.74. The van der Waals surface area contributed by atoms with Gasteiger partial charge in [-0.25, -0.2) is 0 Å². The number of hydrogen-bond donors (Lipinski definition) is 0. The molecule has 0 atom stereocenters. The highest BCUT2D eigenvalue weighted by atomic mass is 28.3. The fourth-order valence-electron chi connectivity index (χ4n) is 10.6. The second kappa shape index (κ2) is 16.7. The molecule has 0 aliphatic carbocycles. The third-order valence-electron chi connectivity index (χ3n) is 13.8. The van der Waals surface area contributed by atoms with Crippen molar-refractivity contribution in [2.24, 2.45) is 0 Å². The maximum Gasteiger partial charge on any atom is 0.240 e. The van der Waals surface area contributed by atoms with Crippen LogP contribution in [-0.4, -0.2) is 32.2 Å². The van der Waals surface area contributed by atoms with E-state index in [-0.39, 0.29) is 0 Å². The zero-order valence-electron chi connectivity index (χ0n) is 37.6. The predicted molar refractivity (Wildman–Crippen MR) is 288 cm³/mol. The van der Waals surface area contributed by atoms with E-state index >= 15 is 0 Å². The monoisotopic (exact) mass is 897 g/mol. The average molecular weight is 898 g/mol. The van der Waals surface area contributed by atoms with Crippen LogP contribution >= 0.6 is 0 Å². The zero-order valence-corrected chi connectivity index (χ0v) is 38.6. The summed E-state index contributed by atoms with van der Waals surface area (Å²) in [5.74, 6) is 1.68. The molecule has 0 fully saturated rings. The highest BCUT2D eigenvalue weighted by Crippen LogP contribution is 2.37. The molecule has 0 unspecified atom stereocenters. The molecule has 0 aliphatic rings. The van der Waals surface area contributed by atoms with Gasteiger partial charge in [0.2, 0.25) is 11.9 Å². The van der Waals surface area contributed by atoms with Gasteiger partial charge in [0.05, 0.1) is 22.1 Å². The Morgan fingerprint density at radius 1 is 0.246 bits per heavy atom. The molecule has 13 rings (SSSR count). The van der Waals surface area contributed by atoms with E-state index < -0.39 is 8.07 Å². The molecule has 0 N–H and O–H groups in total. The van der Waals surface area contributed by atoms with Crippen molar-refractivity contribution in [3.63, 3.8) is 0 Å². The van der Waals surface area contributed by atoms with E-state index in [0.717, 1.165) is 60.3 Å². The van der Waals surface area contributed by atoms with Crippen LogP contribution in [0.4, 0.5) is 0 Å². The van der Waals surface area contributed by atoms with E-state index in [9.17, 15) is 0 Å². The highest BCUT2D eigenvalue weighted by Gasteiger charge is 2.41. The van der Waals surface area contributed by atoms with E-state index in [1.165, 1.54) is 31.9 Å². The molecule has 0 radical (unpaired) electrons. The van der Waals surface area contributed by atoms with Crippen molar-refractivity contribution >= 4 is 72.4 Å². The summed E-state index contributed by atoms with van der Waals surface area (Å²) in [5, 5.41) is 9.77. The zero-order chi connectivity index (χ0) is 45.7. The Morgan fingerprint density at radius 3 is 1.00 bits per heavy atom. The second-order valence-electron chi connectivity index (χ2n) is 17.6. The first-order valence-electron chi connectivity index (χ1n) is 23.4. The van der Waals surface area contributed by atoms with Gasteiger partial charge in [-0.15, -0.1) is 0 Å². The van der Waals surface area contributed by atoms with E-state index in [4.69, 9.17) is 15.0 Å². The number of aromatic nitrogens is 5. The van der Waals surface area contributed by atoms with Crippen LogP contribution < -0.4 is 20.7 Å². The fourth-order valence-corrected chi connectivity index (χ4v) is 15.4. The van der Waals surface area contributed by atoms with E-state index in [1.807, 2.05) is 0 Å². The molecule has 5 nitrogen and oxygen atoms in total. The molecule has 13 aromatic rings. The minimum Gasteiger partial charge on any atom is -0.278 e. The molecule has 324 valence electrons. The molecule has 0 amide bonds. The van der Waals surface area contributed by atoms with Crippen LogP contribution in [0.1, 0.15) is 0 Å². The van der Waals surface area contributed by atoms with Crippen LogP contribution in [0.25, 0.3) is 89.2 Å². The molecule has 3 heterocycles. The standard InChI is InChI=1S/C63H43N5Si/c1-6-20-44(21-7-1)47-36-40-59-55(42-47)53-30-16-18-32-57(53)67(59)62-64-61(65-63(66-62)68-58-33-19-17-31-54(58)56-43-48(37-41-60(56)68)45-22-8-2-9-23-45)46-34-38-52(39-35-46)69(49-24-10-3-11-25-49,50-26-12-4-13-27-50)51-28-14-5-15-29-51/h1-43H. The molecular weight excluding hydrogens is 855 g/mol. The summed E-state index contributed by atoms with van der Waals surface area (Å²) in [7, 11) is -2.78. The lowest BCUT2D eigenvalue weighted by Gasteiger charge is -2.34. The van der Waals surface area contributed by atoms with E-state index in [2.05, 4.69) is 270 Å². The molecule has 10 aromatic carbocycles. The largest absolute Gasteiger partial charge is 0.278 e. The normalized spacial score (nSPS) is 11.8. The molecule has 0 saturated heterocycles. The van der Waals surface area contributed by atoms with E-state index in [0.29, 0.717) is 17.7 Å². The minimum absolute atomic E-state index is 0.547. The third-order valence-corrected chi connectivity index (χ3v) is 18.6. The van der Waals surface area contributed by atoms with Gasteiger partial charge in [0, 0.05) is 27.1 Å². The van der Waals surface area contributed by atoms with Crippen molar-refractivity contribution in [2.75, 3.05) is 0 Å². The van der Waals surface area contributed by atoms with Gasteiger partial charge in [-0.05, 0) is 79.4 Å². The van der Waals surface area contributed by atoms with Gasteiger partial charge in [0.15, 0.2) is 13.9 Å². The Bertz CT molecular complexity index is 3710. The fraction of sp³-hybridized carbons (Fsp3) is 0. The van der Waals surface area contributed by atoms with Crippen LogP contribution in [0, 0.1) is 0 Å². The van der Waals surface area contributed by atoms with Crippen LogP contribution in [0.2, 0.25) is 0 Å². The van der Waals surface area contributed by atoms with Gasteiger partial charge in [-0.3, -0.25) is 9.13 Å². The first-order valence-corrected chi connectivity index (χ1v) is 25.4. The molecular formula is C63H43N5Si. The topological polar surface area (TPSA) is 48.5 Å². The first-order chi connectivity index (χ1) is 34.2. The number of fused-ring (bicyclic) bond motifs is 6. The van der Waals surface area contributed by atoms with Crippen LogP contribution in [0.15, 0.2) is 261 Å². The molecule has 0 aliphatic heterocycles. The molecule has 6 heteroatoms. The van der Waals surface area contributed by atoms with Gasteiger partial charge < -0.3 is 0 Å². The maximum absolute atomic E-state index is 5.49. The summed E-state index contributed by atoms with van der Waals surface area (Å²) in [5.41, 5.74) is 9.65. The summed E-state index contributed by atoms with van der Waals surface area (Å²) in [6.07, 6.45) is 0. The summed E-state index contributed by atoms with van der Waals surface area (Å²) < 4.78 is 4.42. The molecule has 0 saturated carbocycles. The summed E-state index contributed by atoms with van der Waals surface area (Å²) >= 11 is 0. The van der Waals surface area contributed by atoms with Crippen molar-refractivity contribution < 1.29 is 0 Å². The van der Waals surface area contributed by atoms with Crippen molar-refractivity contribution in [3.05, 3.63) is 261 Å². The van der Waals surface area contributed by atoms with Gasteiger partial charge in [0.25, 0.3) is 0 Å². The molecule has 3 aromatic heterocycles. The van der Waals surface area contributed by atoms with Crippen molar-refractivity contribution in [1.29, 1.82) is 0 Å². The molecule has 0 bridgehead atoms. The third kappa shape index (κ3) is 6.72. The van der Waals surface area contributed by atoms with E-state index in [1.54, 1.807) is 0 Å². The maximum atomic E-state index is 5.49. The molecule has 69 heavy (non-hydrogen) atoms. The SMILES string of the molecule is c1ccc(-c2ccc3c(c2)c2ccccc2n3-c2nc(-c3ccc([Si](c4ccccc4)(c4ccccc4)c4ccccc4)cc3)nc(-n3c4ccccc4c4cc(-c5ccccc5)ccc43)n2)cc1. The van der Waals surface area contributed by atoms with Crippen molar-refractivity contribution in [3.8, 4) is 45.5 Å². The number of nitrogens with zero attached hydrogens (tertiary/aromatic N) is 5. The quantitative estimate of drug-likeness (QED) is 0.107. The summed E-state index contributed by atoms with van der Waals surface area (Å²) in [4.78, 5) is 16.4. The van der Waals surface area contributed by atoms with Crippen molar-refractivity contribution in [2.45, 2.75) is 0 Å². The van der Waals surface area contributed by atoms with Crippen LogP contribution in [0.5, 0.6) is 0 Å². The van der Waals surface area contributed by atoms with Gasteiger partial charge >= 0.3 is 0 Å². The smallest absolute Gasteiger partial charge is 0.240 e. The highest BCUT2D eigenvalue weighted by molar-refractivity contribution is 7.19. The van der Waals surface area contributed by atoms with Gasteiger partial charge in [0.1, 0.15) is 0 Å². The van der Waals surface area contributed by atoms with Gasteiger partial charge in [-0.2, -0.15) is 15.0 Å². The average Bonchev–Trinajstić information content (AvgIpc) is 3.95. The van der Waals surface area contributed by atoms with Crippen LogP contribution in [0.3, 0.4) is 0 Å². The number of rotatable bonds is 9. The number of hydrogen-bond acceptors (Lipinski definition) is 3. The van der Waals surface area contributed by atoms with Gasteiger partial charge in [-0.1, -0.05) is 224 Å². The Hall–Kier alpha value is -8.97. The van der Waals surface area contributed by atoms with Crippen molar-refractivity contribution in [1.82, 2.24) is 24.1 Å². The first kappa shape index (κ1) is 40.3.